The number of thiazole rings is 1. The van der Waals surface area contributed by atoms with Gasteiger partial charge in [0, 0.05) is 23.4 Å². The lowest BCUT2D eigenvalue weighted by molar-refractivity contribution is 0.102. The van der Waals surface area contributed by atoms with Crippen molar-refractivity contribution >= 4 is 42.6 Å². The van der Waals surface area contributed by atoms with Crippen LogP contribution in [-0.2, 0) is 9.84 Å². The molecule has 0 unspecified atom stereocenters. The Bertz CT molecular complexity index is 1720. The van der Waals surface area contributed by atoms with Crippen LogP contribution in [0.5, 0.6) is 17.4 Å². The molecule has 1 amide bonds. The molecule has 186 valence electrons. The molecule has 37 heavy (non-hydrogen) atoms. The number of hydrogen-bond donors (Lipinski definition) is 1. The Balaban J connectivity index is 1.37. The molecule has 0 radical (unpaired) electrons. The van der Waals surface area contributed by atoms with Crippen molar-refractivity contribution in [2.24, 2.45) is 0 Å². The highest BCUT2D eigenvalue weighted by molar-refractivity contribution is 7.90. The largest absolute Gasteiger partial charge is 0.496 e. The van der Waals surface area contributed by atoms with Crippen LogP contribution in [0.4, 0.5) is 5.13 Å². The molecule has 10 nitrogen and oxygen atoms in total. The van der Waals surface area contributed by atoms with Gasteiger partial charge in [-0.3, -0.25) is 10.1 Å². The topological polar surface area (TPSA) is 133 Å². The quantitative estimate of drug-likeness (QED) is 0.318. The van der Waals surface area contributed by atoms with E-state index in [0.717, 1.165) is 6.26 Å². The number of aromatic nitrogens is 4. The molecule has 0 aliphatic heterocycles. The van der Waals surface area contributed by atoms with E-state index in [1.807, 2.05) is 18.2 Å². The maximum Gasteiger partial charge on any atom is 0.259 e. The number of para-hydroxylation sites is 1. The smallest absolute Gasteiger partial charge is 0.259 e. The molecule has 0 aliphatic carbocycles. The van der Waals surface area contributed by atoms with Crippen LogP contribution in [0.2, 0.25) is 0 Å². The van der Waals surface area contributed by atoms with Crippen molar-refractivity contribution < 1.29 is 22.7 Å². The van der Waals surface area contributed by atoms with Crippen molar-refractivity contribution in [3.05, 3.63) is 78.6 Å². The normalized spacial score (nSPS) is 11.3. The summed E-state index contributed by atoms with van der Waals surface area (Å²) in [4.78, 5) is 22.8. The fourth-order valence-electron chi connectivity index (χ4n) is 3.53. The van der Waals surface area contributed by atoms with Gasteiger partial charge in [0.1, 0.15) is 21.8 Å². The molecule has 5 aromatic rings. The number of pyridine rings is 1. The van der Waals surface area contributed by atoms with Crippen molar-refractivity contribution in [3.63, 3.8) is 0 Å². The van der Waals surface area contributed by atoms with Crippen molar-refractivity contribution in [3.8, 4) is 28.5 Å². The first-order chi connectivity index (χ1) is 17.8. The summed E-state index contributed by atoms with van der Waals surface area (Å²) < 4.78 is 34.5. The number of benzene rings is 2. The molecule has 0 fully saturated rings. The summed E-state index contributed by atoms with van der Waals surface area (Å²) in [5.41, 5.74) is 2.18. The van der Waals surface area contributed by atoms with E-state index < -0.39 is 15.7 Å². The second-order valence-electron chi connectivity index (χ2n) is 7.81. The average molecular weight is 534 g/mol. The maximum absolute atomic E-state index is 13.1. The first kappa shape index (κ1) is 24.3. The number of nitrogens with one attached hydrogen (secondary N) is 1. The minimum Gasteiger partial charge on any atom is -0.496 e. The number of carbonyl (C=O) groups is 1. The Labute approximate surface area is 215 Å². The Hall–Kier alpha value is -4.42. The van der Waals surface area contributed by atoms with Gasteiger partial charge in [0.2, 0.25) is 5.88 Å². The Kier molecular flexibility index (Phi) is 6.51. The Morgan fingerprint density at radius 1 is 0.919 bits per heavy atom. The zero-order valence-corrected chi connectivity index (χ0v) is 21.2. The predicted octanol–water partition coefficient (Wildman–Crippen LogP) is 4.61. The lowest BCUT2D eigenvalue weighted by Gasteiger charge is -2.11. The van der Waals surface area contributed by atoms with Gasteiger partial charge in [-0.25, -0.2) is 18.4 Å². The third kappa shape index (κ3) is 5.25. The van der Waals surface area contributed by atoms with E-state index in [9.17, 15) is 13.2 Å². The van der Waals surface area contributed by atoms with E-state index in [4.69, 9.17) is 9.47 Å². The van der Waals surface area contributed by atoms with Crippen LogP contribution >= 0.6 is 11.3 Å². The summed E-state index contributed by atoms with van der Waals surface area (Å²) >= 11 is 1.19. The predicted molar refractivity (Wildman–Crippen MR) is 139 cm³/mol. The summed E-state index contributed by atoms with van der Waals surface area (Å²) in [7, 11) is -1.74. The molecular weight excluding hydrogens is 514 g/mol. The lowest BCUT2D eigenvalue weighted by atomic mass is 10.0. The zero-order valence-electron chi connectivity index (χ0n) is 19.6. The van der Waals surface area contributed by atoms with Crippen LogP contribution in [0.3, 0.4) is 0 Å². The standard InChI is InChI=1S/C25H19N5O5S2/c1-34-21-6-4-3-5-17(21)18-13-26-27-14-19(18)23(31)30-25-28-20-11-12-22(29-24(20)36-25)35-15-7-9-16(10-8-15)37(2,32)33/h3-14H,1-2H3,(H,28,30,31). The van der Waals surface area contributed by atoms with Crippen LogP contribution in [-0.4, -0.2) is 47.9 Å². The summed E-state index contributed by atoms with van der Waals surface area (Å²) in [6.45, 7) is 0. The number of rotatable bonds is 7. The molecule has 0 aliphatic rings. The number of fused-ring (bicyclic) bond motifs is 1. The van der Waals surface area contributed by atoms with Crippen LogP contribution < -0.4 is 14.8 Å². The second-order valence-corrected chi connectivity index (χ2v) is 10.8. The van der Waals surface area contributed by atoms with Gasteiger partial charge in [-0.15, -0.1) is 0 Å². The van der Waals surface area contributed by atoms with Crippen LogP contribution in [0.15, 0.2) is 78.0 Å². The van der Waals surface area contributed by atoms with Gasteiger partial charge in [0.15, 0.2) is 15.0 Å². The molecule has 0 atom stereocenters. The number of hydrogen-bond acceptors (Lipinski definition) is 10. The molecule has 0 saturated heterocycles. The fourth-order valence-corrected chi connectivity index (χ4v) is 4.99. The van der Waals surface area contributed by atoms with E-state index in [2.05, 4.69) is 25.5 Å². The molecule has 1 N–H and O–H groups in total. The molecule has 0 saturated carbocycles. The van der Waals surface area contributed by atoms with E-state index in [1.54, 1.807) is 37.4 Å². The number of nitrogens with zero attached hydrogens (tertiary/aromatic N) is 4. The highest BCUT2D eigenvalue weighted by Gasteiger charge is 2.18. The third-order valence-electron chi connectivity index (χ3n) is 5.30. The van der Waals surface area contributed by atoms with Gasteiger partial charge >= 0.3 is 0 Å². The molecular formula is C25H19N5O5S2. The van der Waals surface area contributed by atoms with Crippen LogP contribution in [0, 0.1) is 0 Å². The lowest BCUT2D eigenvalue weighted by Crippen LogP contribution is -2.14. The summed E-state index contributed by atoms with van der Waals surface area (Å²) in [5, 5.41) is 11.0. The van der Waals surface area contributed by atoms with Gasteiger partial charge in [0.05, 0.1) is 30.0 Å². The van der Waals surface area contributed by atoms with Crippen molar-refractivity contribution in [2.75, 3.05) is 18.7 Å². The highest BCUT2D eigenvalue weighted by atomic mass is 32.2. The maximum atomic E-state index is 13.1. The minimum absolute atomic E-state index is 0.198. The number of methoxy groups -OCH3 is 1. The molecule has 12 heteroatoms. The molecule has 3 heterocycles. The van der Waals surface area contributed by atoms with Crippen molar-refractivity contribution in [1.82, 2.24) is 20.2 Å². The van der Waals surface area contributed by atoms with E-state index in [0.29, 0.717) is 49.5 Å². The van der Waals surface area contributed by atoms with Gasteiger partial charge in [-0.05, 0) is 36.4 Å². The van der Waals surface area contributed by atoms with E-state index in [-0.39, 0.29) is 4.90 Å². The molecule has 0 bridgehead atoms. The second kappa shape index (κ2) is 9.91. The first-order valence-electron chi connectivity index (χ1n) is 10.8. The first-order valence-corrected chi connectivity index (χ1v) is 13.5. The highest BCUT2D eigenvalue weighted by Crippen LogP contribution is 2.33. The van der Waals surface area contributed by atoms with Gasteiger partial charge in [0.25, 0.3) is 5.91 Å². The summed E-state index contributed by atoms with van der Waals surface area (Å²) in [6.07, 6.45) is 4.05. The minimum atomic E-state index is -3.30. The Morgan fingerprint density at radius 2 is 1.68 bits per heavy atom. The number of sulfone groups is 1. The molecule has 5 rings (SSSR count). The zero-order chi connectivity index (χ0) is 26.0. The number of carbonyl (C=O) groups excluding carboxylic acids is 1. The Morgan fingerprint density at radius 3 is 2.43 bits per heavy atom. The third-order valence-corrected chi connectivity index (χ3v) is 7.31. The van der Waals surface area contributed by atoms with Crippen molar-refractivity contribution in [1.29, 1.82) is 0 Å². The van der Waals surface area contributed by atoms with E-state index in [1.165, 1.54) is 35.9 Å². The van der Waals surface area contributed by atoms with Gasteiger partial charge < -0.3 is 9.47 Å². The monoisotopic (exact) mass is 533 g/mol. The molecule has 0 spiro atoms. The van der Waals surface area contributed by atoms with Crippen LogP contribution in [0.25, 0.3) is 21.5 Å². The average Bonchev–Trinajstić information content (AvgIpc) is 3.30. The van der Waals surface area contributed by atoms with Gasteiger partial charge in [-0.1, -0.05) is 29.5 Å². The SMILES string of the molecule is COc1ccccc1-c1cnncc1C(=O)Nc1nc2ccc(Oc3ccc(S(C)(=O)=O)cc3)nc2s1. The van der Waals surface area contributed by atoms with Crippen LogP contribution in [0.1, 0.15) is 10.4 Å². The molecule has 2 aromatic carbocycles. The fraction of sp³-hybridized carbons (Fsp3) is 0.0800. The number of anilines is 1. The number of ether oxygens (including phenoxy) is 2. The van der Waals surface area contributed by atoms with E-state index >= 15 is 0 Å². The summed E-state index contributed by atoms with van der Waals surface area (Å²) in [5.74, 6) is 0.939. The summed E-state index contributed by atoms with van der Waals surface area (Å²) in [6, 6.07) is 16.7. The van der Waals surface area contributed by atoms with Gasteiger partial charge in [-0.2, -0.15) is 10.2 Å². The van der Waals surface area contributed by atoms with Crippen molar-refractivity contribution in [2.45, 2.75) is 4.90 Å². The number of amides is 1. The molecule has 3 aromatic heterocycles.